The number of rotatable bonds is 3. The van der Waals surface area contributed by atoms with Crippen LogP contribution in [0.15, 0.2) is 6.20 Å². The molecule has 1 aliphatic heterocycles. The second-order valence-electron chi connectivity index (χ2n) is 7.11. The van der Waals surface area contributed by atoms with E-state index in [1.165, 1.54) is 38.5 Å². The van der Waals surface area contributed by atoms with E-state index in [0.29, 0.717) is 17.6 Å². The summed E-state index contributed by atoms with van der Waals surface area (Å²) in [7, 11) is 0. The normalized spacial score (nSPS) is 25.7. The highest BCUT2D eigenvalue weighted by Crippen LogP contribution is 2.40. The van der Waals surface area contributed by atoms with E-state index in [9.17, 15) is 4.79 Å². The Bertz CT molecular complexity index is 596. The maximum absolute atomic E-state index is 12.8. The Balaban J connectivity index is 1.69. The SMILES string of the molecule is O=C1Nc2cnc(Cl)nc2N(C2CCCC2)[C@@H]1CC1CCCC1. The van der Waals surface area contributed by atoms with Gasteiger partial charge in [-0.05, 0) is 36.8 Å². The third kappa shape index (κ3) is 2.91. The highest BCUT2D eigenvalue weighted by Gasteiger charge is 2.40. The average molecular weight is 335 g/mol. The van der Waals surface area contributed by atoms with E-state index < -0.39 is 0 Å². The Morgan fingerprint density at radius 3 is 2.61 bits per heavy atom. The highest BCUT2D eigenvalue weighted by atomic mass is 35.5. The van der Waals surface area contributed by atoms with Crippen LogP contribution in [0.2, 0.25) is 5.28 Å². The molecule has 23 heavy (non-hydrogen) atoms. The molecule has 124 valence electrons. The summed E-state index contributed by atoms with van der Waals surface area (Å²) in [5.41, 5.74) is 0.703. The van der Waals surface area contributed by atoms with E-state index in [1.54, 1.807) is 6.20 Å². The fraction of sp³-hybridized carbons (Fsp3) is 0.706. The fourth-order valence-corrected chi connectivity index (χ4v) is 4.65. The lowest BCUT2D eigenvalue weighted by Crippen LogP contribution is -2.53. The van der Waals surface area contributed by atoms with Gasteiger partial charge in [-0.15, -0.1) is 0 Å². The van der Waals surface area contributed by atoms with Gasteiger partial charge in [-0.3, -0.25) is 4.79 Å². The maximum Gasteiger partial charge on any atom is 0.247 e. The Morgan fingerprint density at radius 1 is 1.17 bits per heavy atom. The molecule has 2 saturated carbocycles. The van der Waals surface area contributed by atoms with Gasteiger partial charge in [0.1, 0.15) is 11.7 Å². The van der Waals surface area contributed by atoms with Crippen molar-refractivity contribution in [2.45, 2.75) is 69.9 Å². The van der Waals surface area contributed by atoms with E-state index in [-0.39, 0.29) is 17.2 Å². The first kappa shape index (κ1) is 15.2. The number of nitrogens with one attached hydrogen (secondary N) is 1. The number of hydrogen-bond donors (Lipinski definition) is 1. The number of carbonyl (C=O) groups is 1. The van der Waals surface area contributed by atoms with E-state index in [0.717, 1.165) is 25.1 Å². The summed E-state index contributed by atoms with van der Waals surface area (Å²) in [6, 6.07) is 0.289. The molecule has 3 aliphatic rings. The van der Waals surface area contributed by atoms with Gasteiger partial charge in [-0.2, -0.15) is 4.98 Å². The lowest BCUT2D eigenvalue weighted by atomic mass is 9.94. The lowest BCUT2D eigenvalue weighted by molar-refractivity contribution is -0.118. The Morgan fingerprint density at radius 2 is 1.87 bits per heavy atom. The quantitative estimate of drug-likeness (QED) is 0.855. The maximum atomic E-state index is 12.8. The summed E-state index contributed by atoms with van der Waals surface area (Å²) in [4.78, 5) is 23.5. The number of anilines is 2. The van der Waals surface area contributed by atoms with Gasteiger partial charge in [0.25, 0.3) is 0 Å². The third-order valence-electron chi connectivity index (χ3n) is 5.63. The van der Waals surface area contributed by atoms with E-state index in [4.69, 9.17) is 11.6 Å². The summed E-state index contributed by atoms with van der Waals surface area (Å²) in [6.07, 6.45) is 12.4. The van der Waals surface area contributed by atoms with Gasteiger partial charge >= 0.3 is 0 Å². The summed E-state index contributed by atoms with van der Waals surface area (Å²) in [5, 5.41) is 3.25. The van der Waals surface area contributed by atoms with Crippen LogP contribution >= 0.6 is 11.6 Å². The van der Waals surface area contributed by atoms with E-state index >= 15 is 0 Å². The van der Waals surface area contributed by atoms with Crippen LogP contribution in [0.1, 0.15) is 57.8 Å². The van der Waals surface area contributed by atoms with Gasteiger partial charge in [0.05, 0.1) is 6.20 Å². The van der Waals surface area contributed by atoms with Gasteiger partial charge in [-0.1, -0.05) is 38.5 Å². The molecule has 1 aromatic rings. The molecule has 0 spiro atoms. The summed E-state index contributed by atoms with van der Waals surface area (Å²) in [5.74, 6) is 1.58. The molecule has 1 amide bonds. The van der Waals surface area contributed by atoms with Crippen LogP contribution < -0.4 is 10.2 Å². The monoisotopic (exact) mass is 334 g/mol. The number of amides is 1. The van der Waals surface area contributed by atoms with E-state index in [1.807, 2.05) is 0 Å². The standard InChI is InChI=1S/C17H23ClN4O/c18-17-19-10-13-15(21-17)22(12-7-3-4-8-12)14(16(23)20-13)9-11-5-1-2-6-11/h10-12,14H,1-9H2,(H,20,23)/t14-/m1/s1. The topological polar surface area (TPSA) is 58.1 Å². The molecule has 2 heterocycles. The van der Waals surface area contributed by atoms with Crippen LogP contribution in [0.25, 0.3) is 0 Å². The number of carbonyl (C=O) groups excluding carboxylic acids is 1. The predicted octanol–water partition coefficient (Wildman–Crippen LogP) is 3.78. The minimum absolute atomic E-state index is 0.0993. The number of halogens is 1. The molecule has 1 atom stereocenters. The molecule has 2 aliphatic carbocycles. The molecule has 1 aromatic heterocycles. The Hall–Kier alpha value is -1.36. The van der Waals surface area contributed by atoms with Gasteiger partial charge in [0.15, 0.2) is 5.82 Å². The van der Waals surface area contributed by atoms with Crippen molar-refractivity contribution in [1.29, 1.82) is 0 Å². The van der Waals surface area contributed by atoms with Crippen molar-refractivity contribution in [3.63, 3.8) is 0 Å². The molecule has 0 aromatic carbocycles. The van der Waals surface area contributed by atoms with Crippen molar-refractivity contribution in [3.05, 3.63) is 11.5 Å². The van der Waals surface area contributed by atoms with Crippen LogP contribution in [0.5, 0.6) is 0 Å². The zero-order valence-corrected chi connectivity index (χ0v) is 14.1. The second-order valence-corrected chi connectivity index (χ2v) is 7.45. The lowest BCUT2D eigenvalue weighted by Gasteiger charge is -2.41. The molecule has 1 N–H and O–H groups in total. The third-order valence-corrected chi connectivity index (χ3v) is 5.81. The van der Waals surface area contributed by atoms with Crippen molar-refractivity contribution in [2.75, 3.05) is 10.2 Å². The van der Waals surface area contributed by atoms with Gasteiger partial charge < -0.3 is 10.2 Å². The fourth-order valence-electron chi connectivity index (χ4n) is 4.52. The molecule has 0 saturated heterocycles. The van der Waals surface area contributed by atoms with Crippen molar-refractivity contribution in [3.8, 4) is 0 Å². The molecular weight excluding hydrogens is 312 g/mol. The van der Waals surface area contributed by atoms with Crippen LogP contribution in [0.4, 0.5) is 11.5 Å². The van der Waals surface area contributed by atoms with Crippen LogP contribution in [0.3, 0.4) is 0 Å². The summed E-state index contributed by atoms with van der Waals surface area (Å²) < 4.78 is 0. The molecular formula is C17H23ClN4O. The smallest absolute Gasteiger partial charge is 0.247 e. The van der Waals surface area contributed by atoms with E-state index in [2.05, 4.69) is 20.2 Å². The first-order valence-electron chi connectivity index (χ1n) is 8.84. The second kappa shape index (κ2) is 6.27. The van der Waals surface area contributed by atoms with Crippen molar-refractivity contribution < 1.29 is 4.79 Å². The first-order valence-corrected chi connectivity index (χ1v) is 9.22. The Kier molecular flexibility index (Phi) is 4.14. The van der Waals surface area contributed by atoms with Gasteiger partial charge in [0, 0.05) is 6.04 Å². The van der Waals surface area contributed by atoms with Crippen molar-refractivity contribution >= 4 is 29.0 Å². The van der Waals surface area contributed by atoms with Gasteiger partial charge in [-0.25, -0.2) is 4.98 Å². The Labute approximate surface area is 141 Å². The molecule has 0 unspecified atom stereocenters. The number of fused-ring (bicyclic) bond motifs is 1. The van der Waals surface area contributed by atoms with Crippen molar-refractivity contribution in [1.82, 2.24) is 9.97 Å². The summed E-state index contributed by atoms with van der Waals surface area (Å²) in [6.45, 7) is 0. The minimum atomic E-state index is -0.111. The van der Waals surface area contributed by atoms with Gasteiger partial charge in [0.2, 0.25) is 11.2 Å². The number of nitrogens with zero attached hydrogens (tertiary/aromatic N) is 3. The molecule has 4 rings (SSSR count). The van der Waals surface area contributed by atoms with Crippen LogP contribution in [-0.4, -0.2) is 28.0 Å². The molecule has 0 radical (unpaired) electrons. The summed E-state index contributed by atoms with van der Waals surface area (Å²) >= 11 is 6.04. The molecule has 5 nitrogen and oxygen atoms in total. The number of hydrogen-bond acceptors (Lipinski definition) is 4. The zero-order valence-electron chi connectivity index (χ0n) is 13.3. The average Bonchev–Trinajstić information content (AvgIpc) is 3.22. The predicted molar refractivity (Wildman–Crippen MR) is 90.8 cm³/mol. The minimum Gasteiger partial charge on any atom is -0.340 e. The molecule has 0 bridgehead atoms. The largest absolute Gasteiger partial charge is 0.340 e. The van der Waals surface area contributed by atoms with Crippen LogP contribution in [0, 0.1) is 5.92 Å². The molecule has 6 heteroatoms. The van der Waals surface area contributed by atoms with Crippen molar-refractivity contribution in [2.24, 2.45) is 5.92 Å². The van der Waals surface area contributed by atoms with Crippen LogP contribution in [-0.2, 0) is 4.79 Å². The number of aromatic nitrogens is 2. The molecule has 2 fully saturated rings. The highest BCUT2D eigenvalue weighted by molar-refractivity contribution is 6.28. The first-order chi connectivity index (χ1) is 11.2. The zero-order chi connectivity index (χ0) is 15.8.